The molecule has 1 saturated heterocycles. The molecule has 1 aliphatic heterocycles. The van der Waals surface area contributed by atoms with E-state index in [4.69, 9.17) is 4.52 Å². The molecule has 3 rings (SSSR count). The third-order valence-electron chi connectivity index (χ3n) is 4.34. The molecule has 5 heteroatoms. The van der Waals surface area contributed by atoms with E-state index in [1.54, 1.807) is 0 Å². The first-order valence-corrected chi connectivity index (χ1v) is 8.02. The molecule has 1 aromatic carbocycles. The number of likely N-dealkylation sites (tertiary alicyclic amines) is 1. The lowest BCUT2D eigenvalue weighted by atomic mass is 9.97. The molecule has 1 amide bonds. The minimum atomic E-state index is 0.0692. The van der Waals surface area contributed by atoms with Gasteiger partial charge in [-0.2, -0.15) is 0 Å². The van der Waals surface area contributed by atoms with E-state index in [1.807, 2.05) is 36.1 Å². The molecule has 1 atom stereocenters. The van der Waals surface area contributed by atoms with E-state index >= 15 is 0 Å². The molecule has 122 valence electrons. The highest BCUT2D eigenvalue weighted by Gasteiger charge is 2.27. The Kier molecular flexibility index (Phi) is 4.76. The zero-order valence-electron chi connectivity index (χ0n) is 13.4. The van der Waals surface area contributed by atoms with Crippen LogP contribution in [-0.4, -0.2) is 34.2 Å². The summed E-state index contributed by atoms with van der Waals surface area (Å²) in [6.45, 7) is 3.51. The number of benzene rings is 1. The van der Waals surface area contributed by atoms with Crippen molar-refractivity contribution in [2.75, 3.05) is 13.1 Å². The van der Waals surface area contributed by atoms with Crippen LogP contribution in [0.2, 0.25) is 0 Å². The largest absolute Gasteiger partial charge is 0.392 e. The molecule has 0 aliphatic carbocycles. The maximum absolute atomic E-state index is 12.3. The Morgan fingerprint density at radius 3 is 2.96 bits per heavy atom. The van der Waals surface area contributed by atoms with Gasteiger partial charge in [-0.15, -0.1) is 0 Å². The van der Waals surface area contributed by atoms with Gasteiger partial charge < -0.3 is 14.5 Å². The van der Waals surface area contributed by atoms with Crippen molar-refractivity contribution >= 4 is 5.91 Å². The fourth-order valence-corrected chi connectivity index (χ4v) is 3.17. The second kappa shape index (κ2) is 6.96. The second-order valence-electron chi connectivity index (χ2n) is 6.29. The summed E-state index contributed by atoms with van der Waals surface area (Å²) in [4.78, 5) is 14.2. The van der Waals surface area contributed by atoms with Crippen LogP contribution >= 0.6 is 0 Å². The summed E-state index contributed by atoms with van der Waals surface area (Å²) in [5.41, 5.74) is 2.96. The van der Waals surface area contributed by atoms with Crippen LogP contribution in [0.4, 0.5) is 0 Å². The summed E-state index contributed by atoms with van der Waals surface area (Å²) in [5.74, 6) is 1.21. The third-order valence-corrected chi connectivity index (χ3v) is 4.34. The molecule has 23 heavy (non-hydrogen) atoms. The number of hydrogen-bond donors (Lipinski definition) is 1. The van der Waals surface area contributed by atoms with Gasteiger partial charge in [0.2, 0.25) is 5.91 Å². The molecule has 1 fully saturated rings. The monoisotopic (exact) mass is 314 g/mol. The number of hydrogen-bond acceptors (Lipinski definition) is 4. The summed E-state index contributed by atoms with van der Waals surface area (Å²) in [6.07, 6.45) is 2.25. The molecular formula is C18H22N2O3. The van der Waals surface area contributed by atoms with Gasteiger partial charge in [0.05, 0.1) is 18.7 Å². The molecule has 0 radical (unpaired) electrons. The van der Waals surface area contributed by atoms with Crippen LogP contribution in [0.25, 0.3) is 0 Å². The molecule has 0 saturated carbocycles. The number of amides is 1. The smallest absolute Gasteiger partial charge is 0.230 e. The SMILES string of the molecule is Cc1cc(CC(=O)N2CCC(Cc3cccc(CO)c3)C2)on1. The highest BCUT2D eigenvalue weighted by Crippen LogP contribution is 2.22. The van der Waals surface area contributed by atoms with Crippen molar-refractivity contribution in [1.29, 1.82) is 0 Å². The number of aromatic nitrogens is 1. The number of aliphatic hydroxyl groups is 1. The van der Waals surface area contributed by atoms with Crippen molar-refractivity contribution in [3.8, 4) is 0 Å². The molecule has 0 bridgehead atoms. The highest BCUT2D eigenvalue weighted by atomic mass is 16.5. The van der Waals surface area contributed by atoms with Gasteiger partial charge in [-0.1, -0.05) is 29.4 Å². The van der Waals surface area contributed by atoms with Crippen LogP contribution in [0.3, 0.4) is 0 Å². The first-order valence-electron chi connectivity index (χ1n) is 8.02. The predicted octanol–water partition coefficient (Wildman–Crippen LogP) is 2.11. The quantitative estimate of drug-likeness (QED) is 0.918. The maximum Gasteiger partial charge on any atom is 0.230 e. The molecule has 1 N–H and O–H groups in total. The fourth-order valence-electron chi connectivity index (χ4n) is 3.17. The number of carbonyl (C=O) groups excluding carboxylic acids is 1. The predicted molar refractivity (Wildman–Crippen MR) is 85.7 cm³/mol. The Bertz CT molecular complexity index is 680. The topological polar surface area (TPSA) is 66.6 Å². The summed E-state index contributed by atoms with van der Waals surface area (Å²) in [7, 11) is 0. The Hall–Kier alpha value is -2.14. The van der Waals surface area contributed by atoms with Crippen molar-refractivity contribution < 1.29 is 14.4 Å². The standard InChI is InChI=1S/C18H22N2O3/c1-13-7-17(23-19-13)10-18(22)20-6-5-15(11-20)8-14-3-2-4-16(9-14)12-21/h2-4,7,9,15,21H,5-6,8,10-12H2,1H3. The lowest BCUT2D eigenvalue weighted by molar-refractivity contribution is -0.129. The Morgan fingerprint density at radius 1 is 1.39 bits per heavy atom. The van der Waals surface area contributed by atoms with Gasteiger partial charge in [0.15, 0.2) is 0 Å². The molecule has 2 aromatic rings. The van der Waals surface area contributed by atoms with Gasteiger partial charge in [-0.25, -0.2) is 0 Å². The average molecular weight is 314 g/mol. The minimum absolute atomic E-state index is 0.0692. The van der Waals surface area contributed by atoms with Crippen LogP contribution in [0.1, 0.15) is 29.0 Å². The maximum atomic E-state index is 12.3. The van der Waals surface area contributed by atoms with Gasteiger partial charge in [-0.05, 0) is 36.8 Å². The number of aryl methyl sites for hydroxylation is 1. The van der Waals surface area contributed by atoms with Gasteiger partial charge >= 0.3 is 0 Å². The van der Waals surface area contributed by atoms with Gasteiger partial charge in [-0.3, -0.25) is 4.79 Å². The van der Waals surface area contributed by atoms with E-state index in [-0.39, 0.29) is 18.9 Å². The van der Waals surface area contributed by atoms with E-state index in [1.165, 1.54) is 5.56 Å². The van der Waals surface area contributed by atoms with E-state index in [9.17, 15) is 9.90 Å². The zero-order valence-corrected chi connectivity index (χ0v) is 13.4. The van der Waals surface area contributed by atoms with Crippen molar-refractivity contribution in [1.82, 2.24) is 10.1 Å². The van der Waals surface area contributed by atoms with Crippen LogP contribution in [0.5, 0.6) is 0 Å². The average Bonchev–Trinajstić information content (AvgIpc) is 3.17. The Balaban J connectivity index is 1.54. The summed E-state index contributed by atoms with van der Waals surface area (Å²) in [5, 5.41) is 13.0. The third kappa shape index (κ3) is 3.99. The van der Waals surface area contributed by atoms with E-state index in [0.717, 1.165) is 37.2 Å². The normalized spacial score (nSPS) is 17.7. The highest BCUT2D eigenvalue weighted by molar-refractivity contribution is 5.78. The summed E-state index contributed by atoms with van der Waals surface area (Å²) in [6, 6.07) is 9.84. The van der Waals surface area contributed by atoms with Gasteiger partial charge in [0, 0.05) is 19.2 Å². The van der Waals surface area contributed by atoms with Gasteiger partial charge in [0.25, 0.3) is 0 Å². The van der Waals surface area contributed by atoms with Crippen LogP contribution in [0.15, 0.2) is 34.9 Å². The van der Waals surface area contributed by atoms with Crippen molar-refractivity contribution in [3.63, 3.8) is 0 Å². The minimum Gasteiger partial charge on any atom is -0.392 e. The first-order chi connectivity index (χ1) is 11.1. The van der Waals surface area contributed by atoms with Crippen molar-refractivity contribution in [2.45, 2.75) is 32.8 Å². The molecule has 1 aliphatic rings. The molecule has 2 heterocycles. The van der Waals surface area contributed by atoms with E-state index < -0.39 is 0 Å². The zero-order chi connectivity index (χ0) is 16.2. The van der Waals surface area contributed by atoms with Crippen molar-refractivity contribution in [3.05, 3.63) is 52.9 Å². The Morgan fingerprint density at radius 2 is 2.22 bits per heavy atom. The number of carbonyl (C=O) groups is 1. The number of aliphatic hydroxyl groups excluding tert-OH is 1. The van der Waals surface area contributed by atoms with E-state index in [2.05, 4.69) is 11.2 Å². The van der Waals surface area contributed by atoms with E-state index in [0.29, 0.717) is 11.7 Å². The fraction of sp³-hybridized carbons (Fsp3) is 0.444. The second-order valence-corrected chi connectivity index (χ2v) is 6.29. The van der Waals surface area contributed by atoms with Crippen LogP contribution in [0, 0.1) is 12.8 Å². The summed E-state index contributed by atoms with van der Waals surface area (Å²) < 4.78 is 5.12. The lowest BCUT2D eigenvalue weighted by Gasteiger charge is -2.16. The molecule has 1 unspecified atom stereocenters. The lowest BCUT2D eigenvalue weighted by Crippen LogP contribution is -2.30. The van der Waals surface area contributed by atoms with Crippen LogP contribution < -0.4 is 0 Å². The number of rotatable bonds is 5. The van der Waals surface area contributed by atoms with Crippen molar-refractivity contribution in [2.24, 2.45) is 5.92 Å². The molecule has 5 nitrogen and oxygen atoms in total. The first kappa shape index (κ1) is 15.7. The number of nitrogens with zero attached hydrogens (tertiary/aromatic N) is 2. The summed E-state index contributed by atoms with van der Waals surface area (Å²) >= 11 is 0. The molecular weight excluding hydrogens is 292 g/mol. The van der Waals surface area contributed by atoms with Gasteiger partial charge in [0.1, 0.15) is 5.76 Å². The van der Waals surface area contributed by atoms with Crippen LogP contribution in [-0.2, 0) is 24.2 Å². The molecule has 0 spiro atoms. The molecule has 1 aromatic heterocycles. The Labute approximate surface area is 135 Å².